The number of nitrogens with one attached hydrogen (secondary N) is 1. The molecule has 1 fully saturated rings. The number of aryl methyl sites for hydroxylation is 1. The zero-order chi connectivity index (χ0) is 15.0. The first-order chi connectivity index (χ1) is 9.95. The third kappa shape index (κ3) is 3.21. The summed E-state index contributed by atoms with van der Waals surface area (Å²) in [5, 5.41) is 0. The summed E-state index contributed by atoms with van der Waals surface area (Å²) in [5.74, 6) is 0. The molecule has 1 aromatic heterocycles. The van der Waals surface area contributed by atoms with Crippen LogP contribution in [0.2, 0.25) is 0 Å². The number of fused-ring (bicyclic) bond motifs is 1. The smallest absolute Gasteiger partial charge is 0.265 e. The maximum Gasteiger partial charge on any atom is 0.288 e. The molecule has 0 amide bonds. The molecular formula is C14H17NO3S3. The van der Waals surface area contributed by atoms with Gasteiger partial charge in [-0.15, -0.1) is 0 Å². The highest BCUT2D eigenvalue weighted by Gasteiger charge is 2.24. The van der Waals surface area contributed by atoms with Gasteiger partial charge in [-0.1, -0.05) is 41.9 Å². The molecule has 0 radical (unpaired) electrons. The van der Waals surface area contributed by atoms with Gasteiger partial charge in [-0.05, 0) is 37.5 Å². The second kappa shape index (κ2) is 5.79. The fourth-order valence-corrected chi connectivity index (χ4v) is 6.47. The summed E-state index contributed by atoms with van der Waals surface area (Å²) in [6.45, 7) is 1.78. The van der Waals surface area contributed by atoms with E-state index >= 15 is 0 Å². The Morgan fingerprint density at radius 1 is 1.10 bits per heavy atom. The van der Waals surface area contributed by atoms with Gasteiger partial charge in [-0.25, -0.2) is 13.1 Å². The minimum absolute atomic E-state index is 0.000752. The second-order valence-electron chi connectivity index (χ2n) is 5.47. The van der Waals surface area contributed by atoms with E-state index in [1.165, 1.54) is 17.8 Å². The minimum atomic E-state index is -3.51. The van der Waals surface area contributed by atoms with Crippen molar-refractivity contribution < 1.29 is 8.42 Å². The molecule has 1 saturated carbocycles. The lowest BCUT2D eigenvalue weighted by molar-refractivity contribution is 0.412. The first-order valence-electron chi connectivity index (χ1n) is 7.02. The van der Waals surface area contributed by atoms with Crippen molar-refractivity contribution in [2.75, 3.05) is 0 Å². The minimum Gasteiger partial charge on any atom is -0.265 e. The van der Waals surface area contributed by atoms with Gasteiger partial charge in [0, 0.05) is 10.7 Å². The Morgan fingerprint density at radius 3 is 2.38 bits per heavy atom. The third-order valence-electron chi connectivity index (χ3n) is 3.84. The highest BCUT2D eigenvalue weighted by molar-refractivity contribution is 7.89. The van der Waals surface area contributed by atoms with E-state index in [1.54, 1.807) is 19.1 Å². The average Bonchev–Trinajstić information content (AvgIpc) is 2.77. The number of hydrogen-bond acceptors (Lipinski definition) is 5. The highest BCUT2D eigenvalue weighted by atomic mass is 32.2. The molecule has 1 aromatic carbocycles. The van der Waals surface area contributed by atoms with Crippen LogP contribution < -0.4 is 8.78 Å². The summed E-state index contributed by atoms with van der Waals surface area (Å²) in [6, 6.07) is 3.48. The van der Waals surface area contributed by atoms with Crippen molar-refractivity contribution in [1.82, 2.24) is 4.72 Å². The summed E-state index contributed by atoms with van der Waals surface area (Å²) in [5.41, 5.74) is 0.694. The molecule has 1 aliphatic carbocycles. The summed E-state index contributed by atoms with van der Waals surface area (Å²) >= 11 is 2.28. The van der Waals surface area contributed by atoms with Crippen LogP contribution in [-0.4, -0.2) is 14.5 Å². The summed E-state index contributed by atoms with van der Waals surface area (Å²) < 4.78 is 29.6. The predicted octanol–water partition coefficient (Wildman–Crippen LogP) is 3.24. The zero-order valence-corrected chi connectivity index (χ0v) is 14.2. The Bertz CT molecular complexity index is 814. The third-order valence-corrected chi connectivity index (χ3v) is 7.58. The SMILES string of the molecule is Cc1cc2sc(=O)sc2cc1S(=O)(=O)NC1CCCCC1. The van der Waals surface area contributed by atoms with Crippen LogP contribution in [0.15, 0.2) is 21.8 Å². The largest absolute Gasteiger partial charge is 0.288 e. The van der Waals surface area contributed by atoms with Gasteiger partial charge in [-0.3, -0.25) is 4.79 Å². The normalized spacial score (nSPS) is 17.4. The molecule has 114 valence electrons. The molecule has 3 rings (SSSR count). The second-order valence-corrected chi connectivity index (χ2v) is 9.45. The van der Waals surface area contributed by atoms with Crippen molar-refractivity contribution in [3.8, 4) is 0 Å². The molecule has 7 heteroatoms. The van der Waals surface area contributed by atoms with E-state index in [9.17, 15) is 13.2 Å². The molecule has 0 saturated heterocycles. The summed E-state index contributed by atoms with van der Waals surface area (Å²) in [6.07, 6.45) is 5.17. The van der Waals surface area contributed by atoms with Crippen molar-refractivity contribution >= 4 is 42.1 Å². The fraction of sp³-hybridized carbons (Fsp3) is 0.500. The van der Waals surface area contributed by atoms with Crippen molar-refractivity contribution in [3.63, 3.8) is 0 Å². The summed E-state index contributed by atoms with van der Waals surface area (Å²) in [7, 11) is -3.51. The Kier molecular flexibility index (Phi) is 4.18. The van der Waals surface area contributed by atoms with E-state index in [0.29, 0.717) is 10.5 Å². The van der Waals surface area contributed by atoms with E-state index in [0.717, 1.165) is 46.4 Å². The Hall–Kier alpha value is -0.760. The van der Waals surface area contributed by atoms with Crippen LogP contribution in [0.25, 0.3) is 9.40 Å². The van der Waals surface area contributed by atoms with Crippen LogP contribution in [0.4, 0.5) is 0 Å². The standard InChI is InChI=1S/C14H17NO3S3/c1-9-7-11-12(20-14(16)19-11)8-13(9)21(17,18)15-10-5-3-2-4-6-10/h7-8,10,15H,2-6H2,1H3. The van der Waals surface area contributed by atoms with E-state index < -0.39 is 10.0 Å². The van der Waals surface area contributed by atoms with Crippen molar-refractivity contribution in [3.05, 3.63) is 26.5 Å². The van der Waals surface area contributed by atoms with Crippen molar-refractivity contribution in [1.29, 1.82) is 0 Å². The van der Waals surface area contributed by atoms with E-state index in [4.69, 9.17) is 0 Å². The molecule has 1 N–H and O–H groups in total. The van der Waals surface area contributed by atoms with E-state index in [1.807, 2.05) is 0 Å². The molecule has 0 unspecified atom stereocenters. The van der Waals surface area contributed by atoms with Crippen LogP contribution >= 0.6 is 22.7 Å². The first kappa shape index (κ1) is 15.1. The molecule has 2 aromatic rings. The monoisotopic (exact) mass is 343 g/mol. The lowest BCUT2D eigenvalue weighted by atomic mass is 9.96. The molecule has 4 nitrogen and oxygen atoms in total. The molecule has 1 heterocycles. The van der Waals surface area contributed by atoms with Gasteiger partial charge >= 0.3 is 0 Å². The van der Waals surface area contributed by atoms with Gasteiger partial charge in [-0.2, -0.15) is 0 Å². The Labute approximate surface area is 131 Å². The molecular weight excluding hydrogens is 326 g/mol. The Morgan fingerprint density at radius 2 is 1.71 bits per heavy atom. The highest BCUT2D eigenvalue weighted by Crippen LogP contribution is 2.28. The quantitative estimate of drug-likeness (QED) is 0.930. The molecule has 21 heavy (non-hydrogen) atoms. The van der Waals surface area contributed by atoms with E-state index in [2.05, 4.69) is 4.72 Å². The van der Waals surface area contributed by atoms with Crippen LogP contribution in [-0.2, 0) is 10.0 Å². The Balaban J connectivity index is 1.97. The maximum atomic E-state index is 12.6. The van der Waals surface area contributed by atoms with Crippen molar-refractivity contribution in [2.24, 2.45) is 0 Å². The lowest BCUT2D eigenvalue weighted by Crippen LogP contribution is -2.36. The lowest BCUT2D eigenvalue weighted by Gasteiger charge is -2.23. The van der Waals surface area contributed by atoms with Gasteiger partial charge in [0.15, 0.2) is 0 Å². The zero-order valence-electron chi connectivity index (χ0n) is 11.7. The first-order valence-corrected chi connectivity index (χ1v) is 10.1. The van der Waals surface area contributed by atoms with Crippen LogP contribution in [0.3, 0.4) is 0 Å². The topological polar surface area (TPSA) is 63.2 Å². The van der Waals surface area contributed by atoms with Gasteiger partial charge in [0.05, 0.1) is 9.60 Å². The molecule has 0 atom stereocenters. The van der Waals surface area contributed by atoms with Gasteiger partial charge in [0.2, 0.25) is 10.0 Å². The van der Waals surface area contributed by atoms with Crippen molar-refractivity contribution in [2.45, 2.75) is 50.0 Å². The molecule has 0 aliphatic heterocycles. The summed E-state index contributed by atoms with van der Waals surface area (Å²) in [4.78, 5) is 11.8. The molecule has 1 aliphatic rings. The number of benzene rings is 1. The average molecular weight is 343 g/mol. The van der Waals surface area contributed by atoms with Gasteiger partial charge < -0.3 is 0 Å². The van der Waals surface area contributed by atoms with Gasteiger partial charge in [0.1, 0.15) is 0 Å². The maximum absolute atomic E-state index is 12.6. The predicted molar refractivity (Wildman–Crippen MR) is 87.9 cm³/mol. The number of sulfonamides is 1. The van der Waals surface area contributed by atoms with E-state index in [-0.39, 0.29) is 10.1 Å². The van der Waals surface area contributed by atoms with Gasteiger partial charge in [0.25, 0.3) is 4.06 Å². The van der Waals surface area contributed by atoms with Crippen LogP contribution in [0, 0.1) is 6.92 Å². The number of hydrogen-bond donors (Lipinski definition) is 1. The van der Waals surface area contributed by atoms with Crippen LogP contribution in [0.5, 0.6) is 0 Å². The molecule has 0 bridgehead atoms. The molecule has 0 spiro atoms. The van der Waals surface area contributed by atoms with Crippen LogP contribution in [0.1, 0.15) is 37.7 Å². The fourth-order valence-electron chi connectivity index (χ4n) is 2.80. The number of rotatable bonds is 3.